The van der Waals surface area contributed by atoms with Gasteiger partial charge in [0.25, 0.3) is 0 Å². The van der Waals surface area contributed by atoms with Crippen LogP contribution in [-0.4, -0.2) is 128 Å². The first-order valence-corrected chi connectivity index (χ1v) is 25.9. The second kappa shape index (κ2) is 22.9. The van der Waals surface area contributed by atoms with Gasteiger partial charge < -0.3 is 30.4 Å². The fourth-order valence-electron chi connectivity index (χ4n) is 9.62. The molecule has 0 radical (unpaired) electrons. The molecule has 0 aromatic heterocycles. The summed E-state index contributed by atoms with van der Waals surface area (Å²) in [4.78, 5) is 108. The molecule has 14 nitrogen and oxygen atoms in total. The Balaban J connectivity index is 1.40. The van der Waals surface area contributed by atoms with Gasteiger partial charge in [0, 0.05) is 56.5 Å². The van der Waals surface area contributed by atoms with Crippen LogP contribution in [0, 0.1) is 29.1 Å². The number of aromatic hydroxyl groups is 1. The summed E-state index contributed by atoms with van der Waals surface area (Å²) in [6.45, 7) is 16.8. The summed E-state index contributed by atoms with van der Waals surface area (Å²) in [7, 11) is 3.18. The first-order valence-electron chi connectivity index (χ1n) is 24.1. The SMILES string of the molecule is CCC(=O)C1CCCC1C(=O)[C@H](Cc1ccccc1)N(C)C(=O)[C@@H](CC(C)C)NC(=O)[C@]1(C)CSC([C@@H]2C[C@H](C)CN2C(=O)[C@@H](Cc2ccc(O)c(Br)c2)N(C)C(=O)[C@H](C)NC(=O)C(C)(C)C)=N1. The quantitative estimate of drug-likeness (QED) is 0.137. The molecule has 2 aromatic carbocycles. The number of phenols is 1. The van der Waals surface area contributed by atoms with Crippen LogP contribution in [0.2, 0.25) is 0 Å². The summed E-state index contributed by atoms with van der Waals surface area (Å²) in [6.07, 6.45) is 3.65. The summed E-state index contributed by atoms with van der Waals surface area (Å²) in [6, 6.07) is 10.2. The van der Waals surface area contributed by atoms with Crippen LogP contribution in [0.1, 0.15) is 112 Å². The fourth-order valence-corrected chi connectivity index (χ4v) is 11.3. The number of nitrogens with one attached hydrogen (secondary N) is 2. The summed E-state index contributed by atoms with van der Waals surface area (Å²) in [5, 5.41) is 16.7. The average Bonchev–Trinajstić information content (AvgIpc) is 4.05. The van der Waals surface area contributed by atoms with Crippen LogP contribution in [0.4, 0.5) is 0 Å². The molecule has 0 spiro atoms. The molecular weight excluding hydrogens is 949 g/mol. The van der Waals surface area contributed by atoms with Crippen molar-refractivity contribution in [3.05, 3.63) is 64.1 Å². The molecule has 9 atom stereocenters. The van der Waals surface area contributed by atoms with Crippen LogP contribution in [-0.2, 0) is 46.4 Å². The van der Waals surface area contributed by atoms with Crippen molar-refractivity contribution in [3.63, 3.8) is 0 Å². The number of carbonyl (C=O) groups is 7. The second-order valence-electron chi connectivity index (χ2n) is 20.9. The number of aliphatic imine (C=N–C) groups is 1. The van der Waals surface area contributed by atoms with Crippen molar-refractivity contribution in [1.82, 2.24) is 25.3 Å². The Bertz CT molecular complexity index is 2230. The normalized spacial score (nSPS) is 23.3. The molecule has 2 unspecified atom stereocenters. The van der Waals surface area contributed by atoms with Gasteiger partial charge in [0.1, 0.15) is 35.2 Å². The van der Waals surface area contributed by atoms with E-state index in [0.29, 0.717) is 53.7 Å². The predicted octanol–water partition coefficient (Wildman–Crippen LogP) is 6.78. The number of likely N-dealkylation sites (tertiary alicyclic amines) is 1. The minimum absolute atomic E-state index is 0.00470. The zero-order chi connectivity index (χ0) is 50.4. The molecule has 2 aromatic rings. The Morgan fingerprint density at radius 3 is 2.16 bits per heavy atom. The van der Waals surface area contributed by atoms with Crippen LogP contribution in [0.3, 0.4) is 0 Å². The highest BCUT2D eigenvalue weighted by atomic mass is 79.9. The van der Waals surface area contributed by atoms with E-state index in [2.05, 4.69) is 26.6 Å². The molecule has 2 aliphatic heterocycles. The molecule has 0 bridgehead atoms. The van der Waals surface area contributed by atoms with Crippen molar-refractivity contribution in [3.8, 4) is 5.75 Å². The third-order valence-corrected chi connectivity index (χ3v) is 15.7. The lowest BCUT2D eigenvalue weighted by molar-refractivity contribution is -0.146. The molecule has 2 fully saturated rings. The first kappa shape index (κ1) is 54.4. The van der Waals surface area contributed by atoms with Crippen LogP contribution in [0.15, 0.2) is 58.0 Å². The van der Waals surface area contributed by atoms with E-state index in [0.717, 1.165) is 12.0 Å². The molecule has 372 valence electrons. The number of amides is 5. The van der Waals surface area contributed by atoms with Gasteiger partial charge in [0.05, 0.1) is 21.6 Å². The van der Waals surface area contributed by atoms with E-state index in [1.807, 2.05) is 58.0 Å². The number of halogens is 1. The largest absolute Gasteiger partial charge is 0.507 e. The van der Waals surface area contributed by atoms with Crippen molar-refractivity contribution in [2.24, 2.45) is 34.1 Å². The van der Waals surface area contributed by atoms with E-state index >= 15 is 0 Å². The highest BCUT2D eigenvalue weighted by molar-refractivity contribution is 9.10. The molecule has 3 N–H and O–H groups in total. The molecular formula is C52H73BrN6O8S. The third kappa shape index (κ3) is 13.0. The number of thioether (sulfide) groups is 1. The van der Waals surface area contributed by atoms with Gasteiger partial charge in [-0.2, -0.15) is 0 Å². The summed E-state index contributed by atoms with van der Waals surface area (Å²) in [5.41, 5.74) is -0.458. The lowest BCUT2D eigenvalue weighted by atomic mass is 9.83. The zero-order valence-corrected chi connectivity index (χ0v) is 44.2. The second-order valence-corrected chi connectivity index (χ2v) is 22.8. The topological polar surface area (TPSA) is 186 Å². The number of benzene rings is 2. The number of phenolic OH excluding ortho intramolecular Hbond substituents is 1. The highest BCUT2D eigenvalue weighted by Gasteiger charge is 2.48. The maximum absolute atomic E-state index is 15.0. The van der Waals surface area contributed by atoms with E-state index in [4.69, 9.17) is 4.99 Å². The van der Waals surface area contributed by atoms with E-state index in [1.165, 1.54) is 27.6 Å². The number of Topliss-reactive ketones (excluding diaryl/α,β-unsaturated/α-hetero) is 2. The van der Waals surface area contributed by atoms with Gasteiger partial charge in [-0.1, -0.05) is 91.3 Å². The van der Waals surface area contributed by atoms with Crippen molar-refractivity contribution >= 4 is 73.8 Å². The van der Waals surface area contributed by atoms with Crippen molar-refractivity contribution in [2.75, 3.05) is 26.4 Å². The number of rotatable bonds is 19. The van der Waals surface area contributed by atoms with Crippen molar-refractivity contribution < 1.29 is 38.7 Å². The van der Waals surface area contributed by atoms with Crippen LogP contribution < -0.4 is 10.6 Å². The van der Waals surface area contributed by atoms with Gasteiger partial charge in [-0.3, -0.25) is 38.6 Å². The van der Waals surface area contributed by atoms with Gasteiger partial charge in [-0.25, -0.2) is 0 Å². The summed E-state index contributed by atoms with van der Waals surface area (Å²) >= 11 is 4.77. The van der Waals surface area contributed by atoms with E-state index in [1.54, 1.807) is 65.7 Å². The van der Waals surface area contributed by atoms with Crippen LogP contribution in [0.25, 0.3) is 0 Å². The molecule has 5 rings (SSSR count). The van der Waals surface area contributed by atoms with E-state index in [-0.39, 0.29) is 65.5 Å². The van der Waals surface area contributed by atoms with Crippen molar-refractivity contribution in [2.45, 2.75) is 149 Å². The Hall–Kier alpha value is -4.57. The van der Waals surface area contributed by atoms with Gasteiger partial charge in [-0.05, 0) is 97.0 Å². The smallest absolute Gasteiger partial charge is 0.249 e. The zero-order valence-electron chi connectivity index (χ0n) is 41.8. The average molecular weight is 1020 g/mol. The minimum atomic E-state index is -1.30. The Morgan fingerprint density at radius 1 is 0.912 bits per heavy atom. The number of likely N-dealkylation sites (N-methyl/N-ethyl adjacent to an activating group) is 2. The van der Waals surface area contributed by atoms with Crippen LogP contribution >= 0.6 is 27.7 Å². The molecule has 5 amide bonds. The van der Waals surface area contributed by atoms with Gasteiger partial charge in [-0.15, -0.1) is 11.8 Å². The third-order valence-electron chi connectivity index (χ3n) is 13.7. The summed E-state index contributed by atoms with van der Waals surface area (Å²) in [5.74, 6) is -2.44. The van der Waals surface area contributed by atoms with Crippen LogP contribution in [0.5, 0.6) is 5.75 Å². The Morgan fingerprint density at radius 2 is 1.54 bits per heavy atom. The molecule has 16 heteroatoms. The monoisotopic (exact) mass is 1020 g/mol. The molecule has 1 aliphatic carbocycles. The molecule has 3 aliphatic rings. The lowest BCUT2D eigenvalue weighted by Crippen LogP contribution is -2.57. The minimum Gasteiger partial charge on any atom is -0.507 e. The van der Waals surface area contributed by atoms with Gasteiger partial charge in [0.15, 0.2) is 5.78 Å². The number of ketones is 2. The highest BCUT2D eigenvalue weighted by Crippen LogP contribution is 2.38. The van der Waals surface area contributed by atoms with E-state index in [9.17, 15) is 38.7 Å². The molecule has 1 saturated heterocycles. The predicted molar refractivity (Wildman–Crippen MR) is 270 cm³/mol. The molecule has 2 heterocycles. The standard InChI is InChI=1S/C52H73BrN6O8S/c1-12-42(60)35-19-16-20-36(35)44(62)39(26-33-17-14-13-15-18-33)57(10)47(64)38(23-30(2)3)55-50(67)52(9)29-68-45(56-52)40-24-31(4)28-59(40)48(65)41(27-34-21-22-43(61)37(53)25-34)58(11)46(63)32(5)54-49(66)51(6,7)8/h13-15,17-18,21-22,25,30-32,35-36,38-41,61H,12,16,19-20,23-24,26-29H2,1-11H3,(H,54,66)(H,55,67)/t31-,32-,35?,36?,38+,39-,40-,41+,52-/m0/s1. The maximum atomic E-state index is 15.0. The van der Waals surface area contributed by atoms with Gasteiger partial charge >= 0.3 is 0 Å². The number of nitrogens with zero attached hydrogens (tertiary/aromatic N) is 4. The fraction of sp³-hybridized carbons (Fsp3) is 0.615. The maximum Gasteiger partial charge on any atom is 0.249 e. The molecule has 1 saturated carbocycles. The number of carbonyl (C=O) groups excluding carboxylic acids is 7. The lowest BCUT2D eigenvalue weighted by Gasteiger charge is -2.35. The number of hydrogen-bond donors (Lipinski definition) is 3. The van der Waals surface area contributed by atoms with Crippen molar-refractivity contribution in [1.29, 1.82) is 0 Å². The van der Waals surface area contributed by atoms with E-state index < -0.39 is 64.8 Å². The summed E-state index contributed by atoms with van der Waals surface area (Å²) < 4.78 is 0.440. The first-order chi connectivity index (χ1) is 31.9. The Labute approximate surface area is 415 Å². The molecule has 68 heavy (non-hydrogen) atoms. The number of hydrogen-bond acceptors (Lipinski definition) is 10. The Kier molecular flexibility index (Phi) is 18.3. The van der Waals surface area contributed by atoms with Gasteiger partial charge in [0.2, 0.25) is 29.5 Å².